The van der Waals surface area contributed by atoms with Gasteiger partial charge in [-0.2, -0.15) is 0 Å². The van der Waals surface area contributed by atoms with E-state index in [2.05, 4.69) is 5.32 Å². The first-order valence-corrected chi connectivity index (χ1v) is 7.77. The van der Waals surface area contributed by atoms with E-state index >= 15 is 0 Å². The number of carbonyl (C=O) groups excluding carboxylic acids is 2. The first-order chi connectivity index (χ1) is 11.1. The molecule has 0 heterocycles. The SMILES string of the molecule is CCNC(=O)[C@@H](c1ccccc1)N(Cc1ccccc1)C(C)=O. The van der Waals surface area contributed by atoms with E-state index in [0.717, 1.165) is 11.1 Å². The Bertz CT molecular complexity index is 641. The summed E-state index contributed by atoms with van der Waals surface area (Å²) in [4.78, 5) is 26.4. The van der Waals surface area contributed by atoms with E-state index in [1.54, 1.807) is 4.90 Å². The zero-order valence-electron chi connectivity index (χ0n) is 13.5. The normalized spacial score (nSPS) is 11.6. The van der Waals surface area contributed by atoms with Crippen LogP contribution in [0.25, 0.3) is 0 Å². The highest BCUT2D eigenvalue weighted by Crippen LogP contribution is 2.23. The Morgan fingerprint density at radius 1 is 1.00 bits per heavy atom. The van der Waals surface area contributed by atoms with Gasteiger partial charge in [0, 0.05) is 20.0 Å². The van der Waals surface area contributed by atoms with Gasteiger partial charge in [-0.15, -0.1) is 0 Å². The first-order valence-electron chi connectivity index (χ1n) is 7.77. The predicted octanol–water partition coefficient (Wildman–Crippen LogP) is 2.91. The van der Waals surface area contributed by atoms with Crippen LogP contribution in [0.1, 0.15) is 31.0 Å². The molecule has 2 aromatic rings. The number of carbonyl (C=O) groups is 2. The van der Waals surface area contributed by atoms with Gasteiger partial charge in [-0.3, -0.25) is 9.59 Å². The van der Waals surface area contributed by atoms with Gasteiger partial charge < -0.3 is 10.2 Å². The fourth-order valence-corrected chi connectivity index (χ4v) is 2.54. The molecule has 0 aliphatic rings. The lowest BCUT2D eigenvalue weighted by molar-refractivity contribution is -0.140. The third-order valence-corrected chi connectivity index (χ3v) is 3.63. The molecule has 2 aromatic carbocycles. The van der Waals surface area contributed by atoms with Crippen molar-refractivity contribution in [2.24, 2.45) is 0 Å². The summed E-state index contributed by atoms with van der Waals surface area (Å²) >= 11 is 0. The molecule has 2 amide bonds. The van der Waals surface area contributed by atoms with E-state index in [1.807, 2.05) is 67.6 Å². The van der Waals surface area contributed by atoms with Crippen LogP contribution >= 0.6 is 0 Å². The first kappa shape index (κ1) is 16.7. The molecule has 0 aliphatic carbocycles. The molecule has 4 heteroatoms. The standard InChI is InChI=1S/C19H22N2O2/c1-3-20-19(23)18(17-12-8-5-9-13-17)21(15(2)22)14-16-10-6-4-7-11-16/h4-13,18H,3,14H2,1-2H3,(H,20,23)/t18-/m1/s1. The van der Waals surface area contributed by atoms with Crippen molar-refractivity contribution in [2.75, 3.05) is 6.54 Å². The number of nitrogens with one attached hydrogen (secondary N) is 1. The molecule has 0 aromatic heterocycles. The molecule has 0 fully saturated rings. The van der Waals surface area contributed by atoms with Crippen molar-refractivity contribution < 1.29 is 9.59 Å². The lowest BCUT2D eigenvalue weighted by Gasteiger charge is -2.30. The molecule has 23 heavy (non-hydrogen) atoms. The quantitative estimate of drug-likeness (QED) is 0.892. The van der Waals surface area contributed by atoms with Gasteiger partial charge in [0.2, 0.25) is 11.8 Å². The van der Waals surface area contributed by atoms with Gasteiger partial charge in [0.25, 0.3) is 0 Å². The average Bonchev–Trinajstić information content (AvgIpc) is 2.56. The second-order valence-corrected chi connectivity index (χ2v) is 5.34. The summed E-state index contributed by atoms with van der Waals surface area (Å²) in [5, 5.41) is 2.83. The van der Waals surface area contributed by atoms with E-state index in [1.165, 1.54) is 6.92 Å². The zero-order chi connectivity index (χ0) is 16.7. The van der Waals surface area contributed by atoms with Crippen LogP contribution in [0.5, 0.6) is 0 Å². The highest BCUT2D eigenvalue weighted by Gasteiger charge is 2.29. The van der Waals surface area contributed by atoms with Crippen LogP contribution in [0.15, 0.2) is 60.7 Å². The molecular formula is C19H22N2O2. The number of rotatable bonds is 6. The summed E-state index contributed by atoms with van der Waals surface area (Å²) in [7, 11) is 0. The molecular weight excluding hydrogens is 288 g/mol. The highest BCUT2D eigenvalue weighted by atomic mass is 16.2. The van der Waals surface area contributed by atoms with Crippen molar-refractivity contribution >= 4 is 11.8 Å². The van der Waals surface area contributed by atoms with E-state index in [-0.39, 0.29) is 11.8 Å². The summed E-state index contributed by atoms with van der Waals surface area (Å²) in [6, 6.07) is 18.5. The van der Waals surface area contributed by atoms with Crippen molar-refractivity contribution in [1.29, 1.82) is 0 Å². The van der Waals surface area contributed by atoms with Crippen LogP contribution in [-0.2, 0) is 16.1 Å². The van der Waals surface area contributed by atoms with Crippen molar-refractivity contribution in [3.8, 4) is 0 Å². The molecule has 0 aliphatic heterocycles. The molecule has 4 nitrogen and oxygen atoms in total. The van der Waals surface area contributed by atoms with Gasteiger partial charge in [-0.05, 0) is 18.1 Å². The Balaban J connectivity index is 2.36. The molecule has 120 valence electrons. The van der Waals surface area contributed by atoms with Crippen LogP contribution in [0.2, 0.25) is 0 Å². The smallest absolute Gasteiger partial charge is 0.247 e. The molecule has 0 unspecified atom stereocenters. The molecule has 2 rings (SSSR count). The van der Waals surface area contributed by atoms with Crippen LogP contribution in [0, 0.1) is 0 Å². The Kier molecular flexibility index (Phi) is 5.92. The molecule has 1 N–H and O–H groups in total. The van der Waals surface area contributed by atoms with E-state index in [4.69, 9.17) is 0 Å². The van der Waals surface area contributed by atoms with E-state index < -0.39 is 6.04 Å². The Labute approximate surface area is 137 Å². The minimum atomic E-state index is -0.631. The van der Waals surface area contributed by atoms with Crippen LogP contribution in [0.4, 0.5) is 0 Å². The molecule has 1 atom stereocenters. The number of likely N-dealkylation sites (N-methyl/N-ethyl adjacent to an activating group) is 1. The van der Waals surface area contributed by atoms with Gasteiger partial charge in [0.15, 0.2) is 0 Å². The number of amides is 2. The van der Waals surface area contributed by atoms with Gasteiger partial charge in [0.05, 0.1) is 0 Å². The second kappa shape index (κ2) is 8.13. The summed E-state index contributed by atoms with van der Waals surface area (Å²) < 4.78 is 0. The Morgan fingerprint density at radius 3 is 2.09 bits per heavy atom. The maximum atomic E-state index is 12.6. The van der Waals surface area contributed by atoms with Crippen molar-refractivity contribution in [3.63, 3.8) is 0 Å². The summed E-state index contributed by atoms with van der Waals surface area (Å²) in [6.07, 6.45) is 0. The summed E-state index contributed by atoms with van der Waals surface area (Å²) in [6.45, 7) is 4.29. The fraction of sp³-hybridized carbons (Fsp3) is 0.263. The third-order valence-electron chi connectivity index (χ3n) is 3.63. The lowest BCUT2D eigenvalue weighted by Crippen LogP contribution is -2.42. The number of hydrogen-bond acceptors (Lipinski definition) is 2. The Morgan fingerprint density at radius 2 is 1.57 bits per heavy atom. The summed E-state index contributed by atoms with van der Waals surface area (Å²) in [5.41, 5.74) is 1.80. The fourth-order valence-electron chi connectivity index (χ4n) is 2.54. The van der Waals surface area contributed by atoms with Crippen LogP contribution in [-0.4, -0.2) is 23.3 Å². The maximum absolute atomic E-state index is 12.6. The van der Waals surface area contributed by atoms with E-state index in [9.17, 15) is 9.59 Å². The largest absolute Gasteiger partial charge is 0.354 e. The number of nitrogens with zero attached hydrogens (tertiary/aromatic N) is 1. The van der Waals surface area contributed by atoms with Gasteiger partial charge >= 0.3 is 0 Å². The summed E-state index contributed by atoms with van der Waals surface area (Å²) in [5.74, 6) is -0.293. The van der Waals surface area contributed by atoms with Gasteiger partial charge in [-0.1, -0.05) is 60.7 Å². The topological polar surface area (TPSA) is 49.4 Å². The molecule has 0 radical (unpaired) electrons. The molecule has 0 saturated heterocycles. The minimum absolute atomic E-state index is 0.131. The molecule has 0 spiro atoms. The Hall–Kier alpha value is -2.62. The number of hydrogen-bond donors (Lipinski definition) is 1. The van der Waals surface area contributed by atoms with Gasteiger partial charge in [-0.25, -0.2) is 0 Å². The van der Waals surface area contributed by atoms with Crippen molar-refractivity contribution in [1.82, 2.24) is 10.2 Å². The van der Waals surface area contributed by atoms with Crippen molar-refractivity contribution in [2.45, 2.75) is 26.4 Å². The van der Waals surface area contributed by atoms with Crippen molar-refractivity contribution in [3.05, 3.63) is 71.8 Å². The monoisotopic (exact) mass is 310 g/mol. The minimum Gasteiger partial charge on any atom is -0.354 e. The molecule has 0 bridgehead atoms. The number of benzene rings is 2. The lowest BCUT2D eigenvalue weighted by atomic mass is 10.0. The maximum Gasteiger partial charge on any atom is 0.247 e. The zero-order valence-corrected chi connectivity index (χ0v) is 13.5. The average molecular weight is 310 g/mol. The predicted molar refractivity (Wildman–Crippen MR) is 90.5 cm³/mol. The van der Waals surface area contributed by atoms with Gasteiger partial charge in [0.1, 0.15) is 6.04 Å². The second-order valence-electron chi connectivity index (χ2n) is 5.34. The van der Waals surface area contributed by atoms with Crippen LogP contribution in [0.3, 0.4) is 0 Å². The molecule has 0 saturated carbocycles. The van der Waals surface area contributed by atoms with E-state index in [0.29, 0.717) is 13.1 Å². The van der Waals surface area contributed by atoms with Crippen LogP contribution < -0.4 is 5.32 Å². The highest BCUT2D eigenvalue weighted by molar-refractivity contribution is 5.88. The third kappa shape index (κ3) is 4.42.